The fourth-order valence-corrected chi connectivity index (χ4v) is 8.56. The van der Waals surface area contributed by atoms with Crippen LogP contribution in [0.2, 0.25) is 0 Å². The molecule has 444 valence electrons. The Hall–Kier alpha value is -8.51. The normalized spacial score (nSPS) is 16.3. The predicted molar refractivity (Wildman–Crippen MR) is 286 cm³/mol. The molecule has 4 aliphatic heterocycles. The Morgan fingerprint density at radius 3 is 1.29 bits per heavy atom. The molecule has 0 aromatic heterocycles. The quantitative estimate of drug-likeness (QED) is 0.0292. The van der Waals surface area contributed by atoms with Crippen LogP contribution >= 0.6 is 0 Å². The summed E-state index contributed by atoms with van der Waals surface area (Å²) < 4.78 is 56.8. The third-order valence-electron chi connectivity index (χ3n) is 12.5. The maximum absolute atomic E-state index is 13.7. The van der Waals surface area contributed by atoms with Crippen LogP contribution in [0.25, 0.3) is 0 Å². The van der Waals surface area contributed by atoms with E-state index in [-0.39, 0.29) is 53.7 Å². The molecule has 4 aliphatic rings. The van der Waals surface area contributed by atoms with E-state index in [0.717, 1.165) is 15.9 Å². The van der Waals surface area contributed by atoms with Crippen molar-refractivity contribution in [2.45, 2.75) is 50.6 Å². The number of aryl methyl sites for hydroxylation is 1. The Morgan fingerprint density at radius 1 is 0.494 bits per heavy atom. The number of piperidine rings is 2. The Labute approximate surface area is 474 Å². The summed E-state index contributed by atoms with van der Waals surface area (Å²) in [4.78, 5) is 119. The van der Waals surface area contributed by atoms with E-state index in [0.29, 0.717) is 135 Å². The topological polar surface area (TPSA) is 353 Å². The molecular weight excluding hydrogens is 1100 g/mol. The van der Waals surface area contributed by atoms with Gasteiger partial charge >= 0.3 is 0 Å². The predicted octanol–water partition coefficient (Wildman–Crippen LogP) is 3.27. The molecule has 0 saturated carbocycles. The highest BCUT2D eigenvalue weighted by Gasteiger charge is 2.47. The van der Waals surface area contributed by atoms with E-state index in [1.807, 2.05) is 0 Å². The molecule has 28 heteroatoms. The highest BCUT2D eigenvalue weighted by Crippen LogP contribution is 2.32. The van der Waals surface area contributed by atoms with Crippen molar-refractivity contribution in [1.29, 1.82) is 0 Å². The molecule has 2 atom stereocenters. The van der Waals surface area contributed by atoms with Gasteiger partial charge in [-0.25, -0.2) is 4.39 Å². The van der Waals surface area contributed by atoms with Crippen LogP contribution in [-0.2, 0) is 54.0 Å². The minimum absolute atomic E-state index is 0.00311. The number of amides is 8. The van der Waals surface area contributed by atoms with E-state index in [4.69, 9.17) is 43.6 Å². The Bertz CT molecular complexity index is 2950. The van der Waals surface area contributed by atoms with Gasteiger partial charge in [0.05, 0.1) is 105 Å². The molecule has 0 bridgehead atoms. The van der Waals surface area contributed by atoms with Gasteiger partial charge < -0.3 is 43.6 Å². The molecule has 0 aliphatic carbocycles. The average Bonchev–Trinajstić information content (AvgIpc) is 4.15. The molecule has 4 aromatic carbocycles. The first-order valence-corrected chi connectivity index (χ1v) is 26.4. The summed E-state index contributed by atoms with van der Waals surface area (Å²) in [5.74, 6) is -4.47. The number of nitrogens with zero attached hydrogens (tertiary/aromatic N) is 4. The second-order valence-electron chi connectivity index (χ2n) is 18.2. The lowest BCUT2D eigenvalue weighted by Gasteiger charge is -2.27. The Balaban J connectivity index is 0.000000221. The number of halogens is 1. The van der Waals surface area contributed by atoms with E-state index in [2.05, 4.69) is 10.6 Å². The standard InChI is InChI=1S/C28H31N3O10.C14H22N2O6.C13H9FN2O4/c32-24-11-10-23(26(33)29-24)30-27(34)22-5-1-3-19(25(22)28(30)35)4-2-12-38-13-14-39-15-16-40-17-18-41-21-8-6-20(7-9-21)31(36)37;15-5-6-19-7-8-20-9-10-21-11-12-22-14-3-1-13(2-4-14)16(17)18;14-7-3-1-2-6-10(7)13(20)16(12(6)19)8-4-5-9(17)15-11(8)18/h1,3,5-9,23H,2,4,10-18H2,(H,29,32,33);1-4H,5-12,15H2;1-3,8H,4-5H2,(H,15,17,18). The number of nitro groups is 2. The fraction of sp³-hybridized carbons (Fsp3) is 0.418. The van der Waals surface area contributed by atoms with Gasteiger partial charge in [-0.1, -0.05) is 18.2 Å². The summed E-state index contributed by atoms with van der Waals surface area (Å²) in [6.45, 7) is 6.48. The highest BCUT2D eigenvalue weighted by molar-refractivity contribution is 6.24. The lowest BCUT2D eigenvalue weighted by atomic mass is 9.99. The zero-order valence-electron chi connectivity index (χ0n) is 45.0. The number of hydrogen-bond donors (Lipinski definition) is 3. The van der Waals surface area contributed by atoms with E-state index < -0.39 is 75.0 Å². The van der Waals surface area contributed by atoms with Crippen LogP contribution in [0, 0.1) is 26.0 Å². The van der Waals surface area contributed by atoms with Crippen LogP contribution < -0.4 is 25.8 Å². The first-order chi connectivity index (χ1) is 40.1. The van der Waals surface area contributed by atoms with Crippen molar-refractivity contribution in [1.82, 2.24) is 20.4 Å². The second kappa shape index (κ2) is 32.8. The summed E-state index contributed by atoms with van der Waals surface area (Å²) in [6, 6.07) is 18.5. The number of nitro benzene ring substituents is 2. The first kappa shape index (κ1) is 63.7. The first-order valence-electron chi connectivity index (χ1n) is 26.4. The van der Waals surface area contributed by atoms with Crippen molar-refractivity contribution in [2.24, 2.45) is 5.73 Å². The number of carbonyl (C=O) groups excluding carboxylic acids is 8. The van der Waals surface area contributed by atoms with Gasteiger partial charge in [0.25, 0.3) is 35.0 Å². The average molecular weight is 1160 g/mol. The molecule has 8 amide bonds. The van der Waals surface area contributed by atoms with Crippen molar-refractivity contribution in [3.63, 3.8) is 0 Å². The number of fused-ring (bicyclic) bond motifs is 2. The summed E-state index contributed by atoms with van der Waals surface area (Å²) >= 11 is 0. The molecule has 2 unspecified atom stereocenters. The van der Waals surface area contributed by atoms with Crippen LogP contribution in [0.15, 0.2) is 84.9 Å². The largest absolute Gasteiger partial charge is 0.491 e. The minimum Gasteiger partial charge on any atom is -0.491 e. The number of rotatable bonds is 30. The van der Waals surface area contributed by atoms with Crippen molar-refractivity contribution in [2.75, 3.05) is 99.0 Å². The molecular formula is C55H62FN7O20. The van der Waals surface area contributed by atoms with Crippen molar-refractivity contribution in [3.05, 3.63) is 139 Å². The molecule has 2 fully saturated rings. The number of non-ortho nitro benzene ring substituents is 2. The highest BCUT2D eigenvalue weighted by atomic mass is 19.1. The van der Waals surface area contributed by atoms with Gasteiger partial charge in [-0.05, 0) is 73.7 Å². The smallest absolute Gasteiger partial charge is 0.269 e. The van der Waals surface area contributed by atoms with Gasteiger partial charge in [0, 0.05) is 50.3 Å². The zero-order chi connectivity index (χ0) is 59.7. The molecule has 0 spiro atoms. The zero-order valence-corrected chi connectivity index (χ0v) is 45.0. The third kappa shape index (κ3) is 18.5. The van der Waals surface area contributed by atoms with Gasteiger partial charge in [-0.15, -0.1) is 0 Å². The number of hydrogen-bond acceptors (Lipinski definition) is 21. The molecule has 4 aromatic rings. The number of carbonyl (C=O) groups is 8. The molecule has 8 rings (SSSR count). The Kier molecular flexibility index (Phi) is 25.2. The SMILES string of the molecule is NCCOCCOCCOCCOc1ccc([N+](=O)[O-])cc1.O=C1CCC(N2C(=O)c3cccc(CCCOCCOCCOCCOc4ccc([N+](=O)[O-])cc4)c3C2=O)C(=O)N1.O=C1CCC(N2C(=O)c3cccc(F)c3C2=O)C(=O)N1. The summed E-state index contributed by atoms with van der Waals surface area (Å²) in [7, 11) is 0. The second-order valence-corrected chi connectivity index (χ2v) is 18.2. The van der Waals surface area contributed by atoms with Gasteiger partial charge in [-0.2, -0.15) is 0 Å². The Morgan fingerprint density at radius 2 is 0.880 bits per heavy atom. The number of benzene rings is 4. The lowest BCUT2D eigenvalue weighted by Crippen LogP contribution is -2.54. The monoisotopic (exact) mass is 1160 g/mol. The van der Waals surface area contributed by atoms with E-state index in [1.54, 1.807) is 30.3 Å². The summed E-state index contributed by atoms with van der Waals surface area (Å²) in [5, 5.41) is 25.4. The van der Waals surface area contributed by atoms with Crippen LogP contribution in [0.4, 0.5) is 15.8 Å². The van der Waals surface area contributed by atoms with E-state index >= 15 is 0 Å². The minimum atomic E-state index is -1.07. The molecule has 27 nitrogen and oxygen atoms in total. The fourth-order valence-electron chi connectivity index (χ4n) is 8.56. The third-order valence-corrected chi connectivity index (χ3v) is 12.5. The molecule has 4 N–H and O–H groups in total. The maximum atomic E-state index is 13.7. The van der Waals surface area contributed by atoms with Gasteiger partial charge in [0.15, 0.2) is 0 Å². The number of nitrogens with one attached hydrogen (secondary N) is 2. The number of nitrogens with two attached hydrogens (primary N) is 1. The van der Waals surface area contributed by atoms with Crippen LogP contribution in [0.1, 0.15) is 79.1 Å². The number of ether oxygens (including phenoxy) is 8. The maximum Gasteiger partial charge on any atom is 0.269 e. The summed E-state index contributed by atoms with van der Waals surface area (Å²) in [6.07, 6.45) is 1.41. The van der Waals surface area contributed by atoms with Crippen LogP contribution in [0.5, 0.6) is 11.5 Å². The summed E-state index contributed by atoms with van der Waals surface area (Å²) in [5.41, 5.74) is 6.23. The number of imide groups is 4. The van der Waals surface area contributed by atoms with Crippen LogP contribution in [0.3, 0.4) is 0 Å². The van der Waals surface area contributed by atoms with Gasteiger partial charge in [0.2, 0.25) is 23.6 Å². The van der Waals surface area contributed by atoms with Crippen molar-refractivity contribution >= 4 is 58.6 Å². The molecule has 4 heterocycles. The van der Waals surface area contributed by atoms with E-state index in [1.165, 1.54) is 48.5 Å². The van der Waals surface area contributed by atoms with Crippen molar-refractivity contribution < 1.29 is 90.5 Å². The lowest BCUT2D eigenvalue weighted by molar-refractivity contribution is -0.385. The van der Waals surface area contributed by atoms with Gasteiger partial charge in [0.1, 0.15) is 42.6 Å². The van der Waals surface area contributed by atoms with E-state index in [9.17, 15) is 63.0 Å². The molecule has 0 radical (unpaired) electrons. The molecule has 2 saturated heterocycles. The molecule has 83 heavy (non-hydrogen) atoms. The van der Waals surface area contributed by atoms with Crippen molar-refractivity contribution in [3.8, 4) is 11.5 Å². The van der Waals surface area contributed by atoms with Crippen LogP contribution in [-0.4, -0.2) is 178 Å². The van der Waals surface area contributed by atoms with Gasteiger partial charge in [-0.3, -0.25) is 79.0 Å².